The number of para-hydroxylation sites is 1. The van der Waals surface area contributed by atoms with E-state index in [0.29, 0.717) is 5.56 Å². The predicted octanol–water partition coefficient (Wildman–Crippen LogP) is 4.25. The minimum atomic E-state index is -0.355. The molecule has 0 aliphatic heterocycles. The number of benzene rings is 1. The molecular formula is C14H21NO3. The fourth-order valence-corrected chi connectivity index (χ4v) is 1.98. The Labute approximate surface area is 108 Å². The second-order valence-electron chi connectivity index (χ2n) is 4.55. The van der Waals surface area contributed by atoms with E-state index in [1.165, 1.54) is 6.07 Å². The molecule has 0 aromatic heterocycles. The number of ether oxygens (including phenoxy) is 1. The van der Waals surface area contributed by atoms with Gasteiger partial charge in [-0.15, -0.1) is 0 Å². The molecule has 0 N–H and O–H groups in total. The SMILES string of the molecule is CCCCC(C)OC(C)c1ccccc1[N+](=O)[O-]. The molecule has 0 amide bonds. The lowest BCUT2D eigenvalue weighted by Gasteiger charge is -2.19. The first-order valence-corrected chi connectivity index (χ1v) is 6.45. The smallest absolute Gasteiger partial charge is 0.275 e. The first-order valence-electron chi connectivity index (χ1n) is 6.45. The molecule has 2 atom stereocenters. The van der Waals surface area contributed by atoms with Crippen molar-refractivity contribution in [1.29, 1.82) is 0 Å². The van der Waals surface area contributed by atoms with Crippen LogP contribution in [-0.2, 0) is 4.74 Å². The van der Waals surface area contributed by atoms with Crippen molar-refractivity contribution in [3.63, 3.8) is 0 Å². The molecule has 4 nitrogen and oxygen atoms in total. The average molecular weight is 251 g/mol. The lowest BCUT2D eigenvalue weighted by atomic mass is 10.1. The van der Waals surface area contributed by atoms with Crippen LogP contribution in [-0.4, -0.2) is 11.0 Å². The van der Waals surface area contributed by atoms with Gasteiger partial charge < -0.3 is 4.74 Å². The Kier molecular flexibility index (Phi) is 5.78. The molecule has 0 aliphatic rings. The highest BCUT2D eigenvalue weighted by Gasteiger charge is 2.20. The molecule has 0 spiro atoms. The number of hydrogen-bond acceptors (Lipinski definition) is 3. The summed E-state index contributed by atoms with van der Waals surface area (Å²) in [5.74, 6) is 0. The maximum Gasteiger partial charge on any atom is 0.275 e. The summed E-state index contributed by atoms with van der Waals surface area (Å²) in [6.45, 7) is 6.02. The Bertz CT molecular complexity index is 392. The Morgan fingerprint density at radius 1 is 1.33 bits per heavy atom. The number of nitro groups is 1. The summed E-state index contributed by atoms with van der Waals surface area (Å²) >= 11 is 0. The number of rotatable bonds is 7. The summed E-state index contributed by atoms with van der Waals surface area (Å²) in [6, 6.07) is 6.76. The number of unbranched alkanes of at least 4 members (excludes halogenated alkanes) is 1. The van der Waals surface area contributed by atoms with Gasteiger partial charge in [-0.05, 0) is 26.3 Å². The fourth-order valence-electron chi connectivity index (χ4n) is 1.98. The van der Waals surface area contributed by atoms with Crippen molar-refractivity contribution in [3.8, 4) is 0 Å². The van der Waals surface area contributed by atoms with Crippen molar-refractivity contribution in [3.05, 3.63) is 39.9 Å². The molecule has 0 bridgehead atoms. The lowest BCUT2D eigenvalue weighted by Crippen LogP contribution is -2.12. The zero-order valence-electron chi connectivity index (χ0n) is 11.3. The molecule has 2 unspecified atom stereocenters. The van der Waals surface area contributed by atoms with Crippen molar-refractivity contribution in [2.75, 3.05) is 0 Å². The van der Waals surface area contributed by atoms with Gasteiger partial charge in [-0.1, -0.05) is 31.9 Å². The normalized spacial score (nSPS) is 14.2. The van der Waals surface area contributed by atoms with Gasteiger partial charge in [-0.3, -0.25) is 10.1 Å². The van der Waals surface area contributed by atoms with E-state index in [1.807, 2.05) is 13.8 Å². The Morgan fingerprint density at radius 3 is 2.61 bits per heavy atom. The molecule has 0 radical (unpaired) electrons. The van der Waals surface area contributed by atoms with Crippen LogP contribution in [0.2, 0.25) is 0 Å². The van der Waals surface area contributed by atoms with Crippen LogP contribution in [0.5, 0.6) is 0 Å². The van der Waals surface area contributed by atoms with Crippen LogP contribution >= 0.6 is 0 Å². The second kappa shape index (κ2) is 7.11. The highest BCUT2D eigenvalue weighted by atomic mass is 16.6. The van der Waals surface area contributed by atoms with Crippen LogP contribution in [0.1, 0.15) is 51.7 Å². The quantitative estimate of drug-likeness (QED) is 0.537. The van der Waals surface area contributed by atoms with Gasteiger partial charge >= 0.3 is 0 Å². The second-order valence-corrected chi connectivity index (χ2v) is 4.55. The van der Waals surface area contributed by atoms with Gasteiger partial charge in [0, 0.05) is 6.07 Å². The van der Waals surface area contributed by atoms with Gasteiger partial charge in [0.15, 0.2) is 0 Å². The Morgan fingerprint density at radius 2 is 2.00 bits per heavy atom. The van der Waals surface area contributed by atoms with E-state index in [0.717, 1.165) is 19.3 Å². The predicted molar refractivity (Wildman–Crippen MR) is 71.6 cm³/mol. The first kappa shape index (κ1) is 14.6. The van der Waals surface area contributed by atoms with E-state index in [-0.39, 0.29) is 22.8 Å². The zero-order valence-corrected chi connectivity index (χ0v) is 11.3. The van der Waals surface area contributed by atoms with Crippen LogP contribution < -0.4 is 0 Å². The minimum Gasteiger partial charge on any atom is -0.371 e. The largest absolute Gasteiger partial charge is 0.371 e. The molecule has 4 heteroatoms. The standard InChI is InChI=1S/C14H21NO3/c1-4-5-8-11(2)18-12(3)13-9-6-7-10-14(13)15(16)17/h6-7,9-12H,4-5,8H2,1-3H3. The van der Waals surface area contributed by atoms with Gasteiger partial charge in [0.2, 0.25) is 0 Å². The van der Waals surface area contributed by atoms with E-state index in [2.05, 4.69) is 6.92 Å². The van der Waals surface area contributed by atoms with E-state index >= 15 is 0 Å². The van der Waals surface area contributed by atoms with Gasteiger partial charge in [-0.25, -0.2) is 0 Å². The summed E-state index contributed by atoms with van der Waals surface area (Å²) in [7, 11) is 0. The van der Waals surface area contributed by atoms with Gasteiger partial charge in [0.05, 0.1) is 22.7 Å². The molecule has 1 aromatic carbocycles. The van der Waals surface area contributed by atoms with E-state index < -0.39 is 0 Å². The average Bonchev–Trinajstić information content (AvgIpc) is 2.36. The molecule has 0 fully saturated rings. The summed E-state index contributed by atoms with van der Waals surface area (Å²) < 4.78 is 5.82. The number of nitro benzene ring substituents is 1. The maximum absolute atomic E-state index is 10.9. The first-order chi connectivity index (χ1) is 8.56. The maximum atomic E-state index is 10.9. The fraction of sp³-hybridized carbons (Fsp3) is 0.571. The molecule has 0 aliphatic carbocycles. The monoisotopic (exact) mass is 251 g/mol. The van der Waals surface area contributed by atoms with Crippen molar-refractivity contribution in [1.82, 2.24) is 0 Å². The van der Waals surface area contributed by atoms with Crippen molar-refractivity contribution in [2.24, 2.45) is 0 Å². The third-order valence-corrected chi connectivity index (χ3v) is 2.97. The van der Waals surface area contributed by atoms with Crippen LogP contribution in [0, 0.1) is 10.1 Å². The third kappa shape index (κ3) is 4.11. The minimum absolute atomic E-state index is 0.125. The highest BCUT2D eigenvalue weighted by Crippen LogP contribution is 2.28. The zero-order chi connectivity index (χ0) is 13.5. The third-order valence-electron chi connectivity index (χ3n) is 2.97. The highest BCUT2D eigenvalue weighted by molar-refractivity contribution is 5.41. The van der Waals surface area contributed by atoms with Crippen LogP contribution in [0.4, 0.5) is 5.69 Å². The Balaban J connectivity index is 2.71. The van der Waals surface area contributed by atoms with Crippen molar-refractivity contribution < 1.29 is 9.66 Å². The van der Waals surface area contributed by atoms with Crippen molar-refractivity contribution in [2.45, 2.75) is 52.2 Å². The van der Waals surface area contributed by atoms with Gasteiger partial charge in [-0.2, -0.15) is 0 Å². The summed E-state index contributed by atoms with van der Waals surface area (Å²) in [5.41, 5.74) is 0.776. The lowest BCUT2D eigenvalue weighted by molar-refractivity contribution is -0.386. The van der Waals surface area contributed by atoms with E-state index in [4.69, 9.17) is 4.74 Å². The summed E-state index contributed by atoms with van der Waals surface area (Å²) in [6.07, 6.45) is 3.11. The molecule has 18 heavy (non-hydrogen) atoms. The Hall–Kier alpha value is -1.42. The molecular weight excluding hydrogens is 230 g/mol. The van der Waals surface area contributed by atoms with Crippen LogP contribution in [0.25, 0.3) is 0 Å². The van der Waals surface area contributed by atoms with Crippen LogP contribution in [0.3, 0.4) is 0 Å². The topological polar surface area (TPSA) is 52.4 Å². The number of hydrogen-bond donors (Lipinski definition) is 0. The number of nitrogens with zero attached hydrogens (tertiary/aromatic N) is 1. The van der Waals surface area contributed by atoms with Gasteiger partial charge in [0.25, 0.3) is 5.69 Å². The summed E-state index contributed by atoms with van der Waals surface area (Å²) in [5, 5.41) is 10.9. The molecule has 0 saturated carbocycles. The van der Waals surface area contributed by atoms with E-state index in [1.54, 1.807) is 18.2 Å². The molecule has 100 valence electrons. The molecule has 1 rings (SSSR count). The molecule has 0 saturated heterocycles. The van der Waals surface area contributed by atoms with Gasteiger partial charge in [0.1, 0.15) is 0 Å². The molecule has 1 aromatic rings. The van der Waals surface area contributed by atoms with Crippen molar-refractivity contribution >= 4 is 5.69 Å². The van der Waals surface area contributed by atoms with Crippen LogP contribution in [0.15, 0.2) is 24.3 Å². The summed E-state index contributed by atoms with van der Waals surface area (Å²) in [4.78, 5) is 10.6. The molecule has 0 heterocycles. The van der Waals surface area contributed by atoms with E-state index in [9.17, 15) is 10.1 Å².